The minimum atomic E-state index is -4.53. The van der Waals surface area contributed by atoms with Crippen molar-refractivity contribution in [1.29, 1.82) is 0 Å². The van der Waals surface area contributed by atoms with Gasteiger partial charge in [0.25, 0.3) is 0 Å². The normalized spacial score (nSPS) is 13.2. The smallest absolute Gasteiger partial charge is 0.305 e. The highest BCUT2D eigenvalue weighted by Crippen LogP contribution is 2.33. The number of rotatable bonds is 4. The van der Waals surface area contributed by atoms with Crippen molar-refractivity contribution in [3.63, 3.8) is 0 Å². The molecule has 1 heterocycles. The van der Waals surface area contributed by atoms with Gasteiger partial charge in [0.2, 0.25) is 0 Å². The van der Waals surface area contributed by atoms with Gasteiger partial charge in [-0.2, -0.15) is 13.2 Å². The van der Waals surface area contributed by atoms with Crippen molar-refractivity contribution in [3.8, 4) is 0 Å². The van der Waals surface area contributed by atoms with E-state index in [1.807, 2.05) is 0 Å². The van der Waals surface area contributed by atoms with E-state index in [-0.39, 0.29) is 5.56 Å². The molecule has 0 amide bonds. The first-order chi connectivity index (χ1) is 9.93. The van der Waals surface area contributed by atoms with Gasteiger partial charge in [0.05, 0.1) is 23.5 Å². The molecule has 2 aromatic rings. The Morgan fingerprint density at radius 2 is 2.00 bits per heavy atom. The van der Waals surface area contributed by atoms with Crippen molar-refractivity contribution in [2.24, 2.45) is 0 Å². The van der Waals surface area contributed by atoms with Gasteiger partial charge < -0.3 is 5.32 Å². The van der Waals surface area contributed by atoms with Crippen LogP contribution in [0.4, 0.5) is 17.6 Å². The van der Waals surface area contributed by atoms with Gasteiger partial charge in [0.15, 0.2) is 0 Å². The number of halogens is 4. The molecule has 1 atom stereocenters. The molecule has 0 aliphatic carbocycles. The Hall–Kier alpha value is -2.02. The van der Waals surface area contributed by atoms with Gasteiger partial charge >= 0.3 is 6.18 Å². The molecule has 1 aromatic carbocycles. The number of hydrogen-bond donors (Lipinski definition) is 1. The highest BCUT2D eigenvalue weighted by Gasteiger charge is 2.32. The van der Waals surface area contributed by atoms with Gasteiger partial charge in [-0.3, -0.25) is 9.97 Å². The molecule has 1 N–H and O–H groups in total. The Balaban J connectivity index is 2.50. The zero-order valence-electron chi connectivity index (χ0n) is 11.2. The number of benzene rings is 1. The molecule has 7 heteroatoms. The molecule has 0 aliphatic heterocycles. The van der Waals surface area contributed by atoms with Crippen molar-refractivity contribution in [1.82, 2.24) is 15.3 Å². The first kappa shape index (κ1) is 15.4. The fraction of sp³-hybridized carbons (Fsp3) is 0.286. The van der Waals surface area contributed by atoms with E-state index in [9.17, 15) is 17.6 Å². The van der Waals surface area contributed by atoms with Crippen LogP contribution < -0.4 is 5.32 Å². The highest BCUT2D eigenvalue weighted by atomic mass is 19.4. The van der Waals surface area contributed by atoms with E-state index in [1.165, 1.54) is 18.6 Å². The van der Waals surface area contributed by atoms with Crippen molar-refractivity contribution < 1.29 is 17.6 Å². The highest BCUT2D eigenvalue weighted by molar-refractivity contribution is 5.33. The van der Waals surface area contributed by atoms with E-state index in [0.29, 0.717) is 12.2 Å². The number of nitrogens with zero attached hydrogens (tertiary/aromatic N) is 2. The Labute approximate surface area is 119 Å². The zero-order valence-corrected chi connectivity index (χ0v) is 11.2. The van der Waals surface area contributed by atoms with Gasteiger partial charge in [0.1, 0.15) is 5.82 Å². The second-order valence-electron chi connectivity index (χ2n) is 4.36. The summed E-state index contributed by atoms with van der Waals surface area (Å²) >= 11 is 0. The van der Waals surface area contributed by atoms with E-state index >= 15 is 0 Å². The summed E-state index contributed by atoms with van der Waals surface area (Å²) in [6, 6.07) is 1.56. The van der Waals surface area contributed by atoms with Gasteiger partial charge in [-0.15, -0.1) is 0 Å². The quantitative estimate of drug-likeness (QED) is 0.880. The monoisotopic (exact) mass is 299 g/mol. The Morgan fingerprint density at radius 3 is 2.57 bits per heavy atom. The molecule has 0 saturated carbocycles. The molecule has 3 nitrogen and oxygen atoms in total. The average Bonchev–Trinajstić information content (AvgIpc) is 2.45. The van der Waals surface area contributed by atoms with Crippen LogP contribution >= 0.6 is 0 Å². The predicted octanol–water partition coefficient (Wildman–Crippen LogP) is 3.33. The second-order valence-corrected chi connectivity index (χ2v) is 4.36. The Morgan fingerprint density at radius 1 is 1.24 bits per heavy atom. The number of hydrogen-bond acceptors (Lipinski definition) is 3. The van der Waals surface area contributed by atoms with Crippen LogP contribution in [0.15, 0.2) is 36.8 Å². The lowest BCUT2D eigenvalue weighted by Gasteiger charge is -2.19. The second kappa shape index (κ2) is 6.17. The third-order valence-corrected chi connectivity index (χ3v) is 2.92. The zero-order chi connectivity index (χ0) is 15.5. The van der Waals surface area contributed by atoms with Crippen LogP contribution in [0.25, 0.3) is 0 Å². The van der Waals surface area contributed by atoms with Crippen LogP contribution in [0.5, 0.6) is 0 Å². The van der Waals surface area contributed by atoms with Crippen molar-refractivity contribution in [3.05, 3.63) is 59.4 Å². The largest absolute Gasteiger partial charge is 0.416 e. The molecule has 0 saturated heterocycles. The molecule has 112 valence electrons. The SMILES string of the molecule is CCNC(c1cnccn1)c1cc(C(F)(F)F)ccc1F. The van der Waals surface area contributed by atoms with Crippen LogP contribution in [0, 0.1) is 5.82 Å². The summed E-state index contributed by atoms with van der Waals surface area (Å²) in [5.41, 5.74) is -0.643. The van der Waals surface area contributed by atoms with Gasteiger partial charge in [-0.1, -0.05) is 6.92 Å². The van der Waals surface area contributed by atoms with Crippen molar-refractivity contribution in [2.45, 2.75) is 19.1 Å². The van der Waals surface area contributed by atoms with Gasteiger partial charge in [-0.05, 0) is 24.7 Å². The number of aromatic nitrogens is 2. The third-order valence-electron chi connectivity index (χ3n) is 2.92. The molecule has 2 rings (SSSR count). The van der Waals surface area contributed by atoms with Crippen molar-refractivity contribution in [2.75, 3.05) is 6.54 Å². The standard InChI is InChI=1S/C14H13F4N3/c1-2-20-13(12-8-19-5-6-21-12)10-7-9(14(16,17)18)3-4-11(10)15/h3-8,13,20H,2H2,1H3. The Kier molecular flexibility index (Phi) is 4.52. The fourth-order valence-corrected chi connectivity index (χ4v) is 1.98. The third kappa shape index (κ3) is 3.55. The first-order valence-corrected chi connectivity index (χ1v) is 6.29. The minimum absolute atomic E-state index is 0.104. The predicted molar refractivity (Wildman–Crippen MR) is 69.0 cm³/mol. The van der Waals surface area contributed by atoms with E-state index in [1.54, 1.807) is 6.92 Å². The summed E-state index contributed by atoms with van der Waals surface area (Å²) in [5, 5.41) is 2.92. The topological polar surface area (TPSA) is 37.8 Å². The lowest BCUT2D eigenvalue weighted by molar-refractivity contribution is -0.137. The molecule has 0 bridgehead atoms. The summed E-state index contributed by atoms with van der Waals surface area (Å²) < 4.78 is 52.3. The maximum Gasteiger partial charge on any atom is 0.416 e. The van der Waals surface area contributed by atoms with Crippen LogP contribution in [0.1, 0.15) is 29.8 Å². The molecule has 0 spiro atoms. The maximum atomic E-state index is 14.0. The lowest BCUT2D eigenvalue weighted by Crippen LogP contribution is -2.24. The number of alkyl halides is 3. The molecule has 1 unspecified atom stereocenters. The van der Waals surface area contributed by atoms with E-state index < -0.39 is 23.6 Å². The van der Waals surface area contributed by atoms with Crippen molar-refractivity contribution >= 4 is 0 Å². The minimum Gasteiger partial charge on any atom is -0.305 e. The molecular weight excluding hydrogens is 286 g/mol. The maximum absolute atomic E-state index is 14.0. The van der Waals surface area contributed by atoms with Crippen LogP contribution in [0.3, 0.4) is 0 Å². The van der Waals surface area contributed by atoms with Gasteiger partial charge in [-0.25, -0.2) is 4.39 Å². The number of nitrogens with one attached hydrogen (secondary N) is 1. The molecular formula is C14H13F4N3. The summed E-state index contributed by atoms with van der Waals surface area (Å²) in [6.45, 7) is 2.21. The van der Waals surface area contributed by atoms with Gasteiger partial charge in [0, 0.05) is 18.0 Å². The van der Waals surface area contributed by atoms with Crippen LogP contribution in [-0.4, -0.2) is 16.5 Å². The van der Waals surface area contributed by atoms with Crippen LogP contribution in [0.2, 0.25) is 0 Å². The van der Waals surface area contributed by atoms with E-state index in [2.05, 4.69) is 15.3 Å². The molecule has 1 aromatic heterocycles. The summed E-state index contributed by atoms with van der Waals surface area (Å²) in [5.74, 6) is -0.723. The summed E-state index contributed by atoms with van der Waals surface area (Å²) in [7, 11) is 0. The molecule has 0 fully saturated rings. The first-order valence-electron chi connectivity index (χ1n) is 6.29. The molecule has 0 radical (unpaired) electrons. The fourth-order valence-electron chi connectivity index (χ4n) is 1.98. The van der Waals surface area contributed by atoms with Crippen LogP contribution in [-0.2, 0) is 6.18 Å². The Bertz CT molecular complexity index is 599. The lowest BCUT2D eigenvalue weighted by atomic mass is 10.0. The summed E-state index contributed by atoms with van der Waals surface area (Å²) in [6.07, 6.45) is -0.283. The van der Waals surface area contributed by atoms with E-state index in [0.717, 1.165) is 18.2 Å². The van der Waals surface area contributed by atoms with E-state index in [4.69, 9.17) is 0 Å². The average molecular weight is 299 g/mol. The summed E-state index contributed by atoms with van der Waals surface area (Å²) in [4.78, 5) is 7.90. The molecule has 0 aliphatic rings. The molecule has 21 heavy (non-hydrogen) atoms.